The molecule has 0 aromatic carbocycles. The van der Waals surface area contributed by atoms with Crippen LogP contribution in [0.3, 0.4) is 0 Å². The Labute approximate surface area is 74.3 Å². The summed E-state index contributed by atoms with van der Waals surface area (Å²) in [4.78, 5) is 15.4. The first-order valence-electron chi connectivity index (χ1n) is 4.46. The van der Waals surface area contributed by atoms with Gasteiger partial charge in [-0.05, 0) is 13.0 Å². The highest BCUT2D eigenvalue weighted by molar-refractivity contribution is 5.79. The van der Waals surface area contributed by atoms with Crippen LogP contribution in [0.4, 0.5) is 0 Å². The molecule has 1 aliphatic heterocycles. The molecule has 1 rings (SSSR count). The van der Waals surface area contributed by atoms with Crippen molar-refractivity contribution in [3.63, 3.8) is 0 Å². The van der Waals surface area contributed by atoms with Crippen molar-refractivity contribution in [1.82, 2.24) is 9.80 Å². The van der Waals surface area contributed by atoms with Crippen molar-refractivity contribution in [1.29, 1.82) is 0 Å². The van der Waals surface area contributed by atoms with Crippen molar-refractivity contribution in [3.05, 3.63) is 0 Å². The van der Waals surface area contributed by atoms with Gasteiger partial charge in [-0.1, -0.05) is 13.8 Å². The van der Waals surface area contributed by atoms with Crippen LogP contribution in [0.15, 0.2) is 0 Å². The molecule has 70 valence electrons. The molecule has 1 aliphatic rings. The number of rotatable bonds is 1. The van der Waals surface area contributed by atoms with Crippen LogP contribution in [0.25, 0.3) is 0 Å². The van der Waals surface area contributed by atoms with Crippen LogP contribution in [-0.4, -0.2) is 48.9 Å². The monoisotopic (exact) mass is 170 g/mol. The van der Waals surface area contributed by atoms with Crippen LogP contribution < -0.4 is 0 Å². The number of hydrogen-bond acceptors (Lipinski definition) is 2. The number of likely N-dealkylation sites (N-methyl/N-ethyl adjacent to an activating group) is 2. The molecule has 0 spiro atoms. The van der Waals surface area contributed by atoms with E-state index >= 15 is 0 Å². The first-order valence-corrected chi connectivity index (χ1v) is 4.46. The number of carbonyl (C=O) groups is 1. The lowest BCUT2D eigenvalue weighted by Gasteiger charge is -2.39. The third-order valence-corrected chi connectivity index (χ3v) is 2.56. The molecular formula is C9H18N2O. The quantitative estimate of drug-likeness (QED) is 0.569. The normalized spacial score (nSPS) is 26.9. The second-order valence-electron chi connectivity index (χ2n) is 4.01. The third kappa shape index (κ3) is 1.78. The second kappa shape index (κ2) is 3.44. The van der Waals surface area contributed by atoms with E-state index in [1.807, 2.05) is 19.0 Å². The summed E-state index contributed by atoms with van der Waals surface area (Å²) >= 11 is 0. The largest absolute Gasteiger partial charge is 0.340 e. The molecule has 0 saturated carbocycles. The molecule has 3 nitrogen and oxygen atoms in total. The molecule has 1 fully saturated rings. The van der Waals surface area contributed by atoms with E-state index < -0.39 is 0 Å². The number of nitrogens with zero attached hydrogens (tertiary/aromatic N) is 2. The molecule has 0 aromatic rings. The lowest BCUT2D eigenvalue weighted by molar-refractivity contribution is -0.138. The summed E-state index contributed by atoms with van der Waals surface area (Å²) in [6.07, 6.45) is 0. The summed E-state index contributed by atoms with van der Waals surface area (Å²) in [7, 11) is 3.90. The van der Waals surface area contributed by atoms with Gasteiger partial charge in [-0.25, -0.2) is 0 Å². The summed E-state index contributed by atoms with van der Waals surface area (Å²) in [5, 5.41) is 0. The minimum absolute atomic E-state index is 0.238. The van der Waals surface area contributed by atoms with E-state index in [2.05, 4.69) is 18.7 Å². The van der Waals surface area contributed by atoms with Crippen LogP contribution in [0.5, 0.6) is 0 Å². The van der Waals surface area contributed by atoms with E-state index in [4.69, 9.17) is 0 Å². The van der Waals surface area contributed by atoms with Crippen LogP contribution in [0.1, 0.15) is 13.8 Å². The number of carbonyl (C=O) groups excluding carboxylic acids is 1. The molecule has 1 amide bonds. The maximum atomic E-state index is 11.4. The Bertz CT molecular complexity index is 179. The van der Waals surface area contributed by atoms with Crippen molar-refractivity contribution in [2.24, 2.45) is 5.92 Å². The molecule has 12 heavy (non-hydrogen) atoms. The highest BCUT2D eigenvalue weighted by Gasteiger charge is 2.29. The van der Waals surface area contributed by atoms with Gasteiger partial charge in [0.1, 0.15) is 0 Å². The Morgan fingerprint density at radius 2 is 2.00 bits per heavy atom. The van der Waals surface area contributed by atoms with Gasteiger partial charge in [0.15, 0.2) is 0 Å². The van der Waals surface area contributed by atoms with Crippen LogP contribution in [0.2, 0.25) is 0 Å². The highest BCUT2D eigenvalue weighted by Crippen LogP contribution is 2.14. The summed E-state index contributed by atoms with van der Waals surface area (Å²) in [5.41, 5.74) is 0. The predicted molar refractivity (Wildman–Crippen MR) is 48.9 cm³/mol. The molecule has 0 bridgehead atoms. The van der Waals surface area contributed by atoms with E-state index in [9.17, 15) is 4.79 Å². The molecule has 0 aromatic heterocycles. The van der Waals surface area contributed by atoms with Crippen molar-refractivity contribution in [3.8, 4) is 0 Å². The van der Waals surface area contributed by atoms with Gasteiger partial charge in [0.05, 0.1) is 6.54 Å². The summed E-state index contributed by atoms with van der Waals surface area (Å²) in [6, 6.07) is 0.385. The van der Waals surface area contributed by atoms with E-state index in [0.717, 1.165) is 6.54 Å². The Kier molecular flexibility index (Phi) is 2.73. The first kappa shape index (κ1) is 9.52. The molecule has 1 heterocycles. The topological polar surface area (TPSA) is 23.6 Å². The second-order valence-corrected chi connectivity index (χ2v) is 4.01. The molecule has 0 radical (unpaired) electrons. The zero-order chi connectivity index (χ0) is 9.30. The van der Waals surface area contributed by atoms with E-state index in [-0.39, 0.29) is 5.91 Å². The zero-order valence-corrected chi connectivity index (χ0v) is 8.37. The Hall–Kier alpha value is -0.570. The number of hydrogen-bond donors (Lipinski definition) is 0. The van der Waals surface area contributed by atoms with Crippen molar-refractivity contribution >= 4 is 5.91 Å². The lowest BCUT2D eigenvalue weighted by atomic mass is 10.0. The van der Waals surface area contributed by atoms with Crippen LogP contribution >= 0.6 is 0 Å². The molecule has 0 aliphatic carbocycles. The van der Waals surface area contributed by atoms with Gasteiger partial charge in [-0.3, -0.25) is 9.69 Å². The Morgan fingerprint density at radius 3 is 2.50 bits per heavy atom. The Morgan fingerprint density at radius 1 is 1.42 bits per heavy atom. The average molecular weight is 170 g/mol. The zero-order valence-electron chi connectivity index (χ0n) is 8.37. The summed E-state index contributed by atoms with van der Waals surface area (Å²) in [6.45, 7) is 5.89. The minimum atomic E-state index is 0.238. The fourth-order valence-electron chi connectivity index (χ4n) is 1.69. The predicted octanol–water partition coefficient (Wildman–Crippen LogP) is 0.415. The molecule has 1 saturated heterocycles. The van der Waals surface area contributed by atoms with E-state index in [0.29, 0.717) is 18.5 Å². The van der Waals surface area contributed by atoms with E-state index in [1.54, 1.807) is 0 Å². The van der Waals surface area contributed by atoms with Gasteiger partial charge in [0, 0.05) is 19.6 Å². The molecule has 3 heteroatoms. The van der Waals surface area contributed by atoms with E-state index in [1.165, 1.54) is 0 Å². The van der Waals surface area contributed by atoms with Gasteiger partial charge in [0.2, 0.25) is 5.91 Å². The summed E-state index contributed by atoms with van der Waals surface area (Å²) < 4.78 is 0. The van der Waals surface area contributed by atoms with Crippen LogP contribution in [-0.2, 0) is 4.79 Å². The van der Waals surface area contributed by atoms with Crippen LogP contribution in [0, 0.1) is 5.92 Å². The fourth-order valence-corrected chi connectivity index (χ4v) is 1.69. The van der Waals surface area contributed by atoms with Gasteiger partial charge in [-0.2, -0.15) is 0 Å². The van der Waals surface area contributed by atoms with Crippen molar-refractivity contribution in [2.75, 3.05) is 27.2 Å². The maximum Gasteiger partial charge on any atom is 0.236 e. The number of piperazine rings is 1. The minimum Gasteiger partial charge on any atom is -0.340 e. The number of amides is 1. The average Bonchev–Trinajstić information content (AvgIpc) is 1.96. The summed E-state index contributed by atoms with van der Waals surface area (Å²) in [5.74, 6) is 0.782. The maximum absolute atomic E-state index is 11.4. The highest BCUT2D eigenvalue weighted by atomic mass is 16.2. The first-order chi connectivity index (χ1) is 5.52. The Balaban J connectivity index is 2.66. The SMILES string of the molecule is CC(C)C1CN(C)CC(=O)N1C. The van der Waals surface area contributed by atoms with Crippen molar-refractivity contribution in [2.45, 2.75) is 19.9 Å². The standard InChI is InChI=1S/C9H18N2O/c1-7(2)8-5-10(3)6-9(12)11(8)4/h7-8H,5-6H2,1-4H3. The molecule has 1 atom stereocenters. The fraction of sp³-hybridized carbons (Fsp3) is 0.889. The van der Waals surface area contributed by atoms with Gasteiger partial charge in [-0.15, -0.1) is 0 Å². The van der Waals surface area contributed by atoms with Gasteiger partial charge in [0.25, 0.3) is 0 Å². The van der Waals surface area contributed by atoms with Gasteiger partial charge < -0.3 is 4.90 Å². The third-order valence-electron chi connectivity index (χ3n) is 2.56. The molecule has 0 N–H and O–H groups in total. The van der Waals surface area contributed by atoms with Gasteiger partial charge >= 0.3 is 0 Å². The smallest absolute Gasteiger partial charge is 0.236 e. The lowest BCUT2D eigenvalue weighted by Crippen LogP contribution is -2.55. The molecular weight excluding hydrogens is 152 g/mol. The van der Waals surface area contributed by atoms with Crippen molar-refractivity contribution < 1.29 is 4.79 Å². The molecule has 1 unspecified atom stereocenters.